The highest BCUT2D eigenvalue weighted by Crippen LogP contribution is 2.60. The molecule has 0 spiro atoms. The number of benzene rings is 9. The van der Waals surface area contributed by atoms with Crippen molar-refractivity contribution in [3.63, 3.8) is 0 Å². The lowest BCUT2D eigenvalue weighted by Gasteiger charge is -2.46. The first-order valence-electron chi connectivity index (χ1n) is 46.9. The lowest BCUT2D eigenvalue weighted by Crippen LogP contribution is -2.61. The minimum Gasteiger partial charge on any atom is -0.459 e. The van der Waals surface area contributed by atoms with Crippen LogP contribution in [0.3, 0.4) is 0 Å². The Bertz CT molecular complexity index is 5640. The monoisotopic (exact) mass is 1870 g/mol. The summed E-state index contributed by atoms with van der Waals surface area (Å²) in [7, 11) is 0. The molecule has 10 unspecified atom stereocenters. The van der Waals surface area contributed by atoms with E-state index in [0.29, 0.717) is 83.4 Å². The maximum Gasteiger partial charge on any atom is 0.391 e. The maximum absolute atomic E-state index is 17.2. The summed E-state index contributed by atoms with van der Waals surface area (Å²) in [6, 6.07) is 17.0. The molecule has 0 radical (unpaired) electrons. The number of amides is 6. The molecule has 10 atom stereocenters. The Balaban J connectivity index is 1.07. The van der Waals surface area contributed by atoms with Crippen molar-refractivity contribution >= 4 is 102 Å². The summed E-state index contributed by atoms with van der Waals surface area (Å²) < 4.78 is 152. The van der Waals surface area contributed by atoms with E-state index >= 15 is 55.1 Å². The number of halogens is 6. The van der Waals surface area contributed by atoms with E-state index in [9.17, 15) is 19.2 Å². The summed E-state index contributed by atoms with van der Waals surface area (Å²) in [6.45, 7) is 37.1. The Morgan fingerprint density at radius 2 is 0.559 bits per heavy atom. The van der Waals surface area contributed by atoms with Gasteiger partial charge in [0.15, 0.2) is 0 Å². The highest BCUT2D eigenvalue weighted by atomic mass is 19.4. The summed E-state index contributed by atoms with van der Waals surface area (Å²) in [5, 5.41) is -0.949. The van der Waals surface area contributed by atoms with Crippen molar-refractivity contribution in [2.75, 3.05) is 0 Å². The summed E-state index contributed by atoms with van der Waals surface area (Å²) in [5.41, 5.74) is 3.51. The number of ether oxygens (including phenoxy) is 8. The van der Waals surface area contributed by atoms with Gasteiger partial charge in [0, 0.05) is 117 Å². The van der Waals surface area contributed by atoms with E-state index in [0.717, 1.165) is 46.6 Å². The summed E-state index contributed by atoms with van der Waals surface area (Å²) in [4.78, 5) is 157. The summed E-state index contributed by atoms with van der Waals surface area (Å²) in [6.07, 6.45) is -12.0. The van der Waals surface area contributed by atoms with Crippen molar-refractivity contribution in [3.05, 3.63) is 214 Å². The number of fused-ring (bicyclic) bond motifs is 2. The van der Waals surface area contributed by atoms with Gasteiger partial charge in [-0.1, -0.05) is 130 Å². The van der Waals surface area contributed by atoms with Crippen LogP contribution in [0.2, 0.25) is 0 Å². The normalized spacial score (nSPS) is 20.2. The molecule has 6 aliphatic rings. The van der Waals surface area contributed by atoms with Gasteiger partial charge in [-0.3, -0.25) is 38.6 Å². The van der Waals surface area contributed by atoms with Crippen molar-refractivity contribution in [3.8, 4) is 46.0 Å². The zero-order valence-corrected chi connectivity index (χ0v) is 78.6. The van der Waals surface area contributed by atoms with Gasteiger partial charge >= 0.3 is 36.2 Å². The molecule has 2 aliphatic heterocycles. The van der Waals surface area contributed by atoms with E-state index in [1.54, 1.807) is 52.0 Å². The fourth-order valence-corrected chi connectivity index (χ4v) is 20.9. The van der Waals surface area contributed by atoms with Crippen LogP contribution in [0.15, 0.2) is 148 Å². The van der Waals surface area contributed by atoms with Crippen molar-refractivity contribution in [1.29, 1.82) is 0 Å². The number of aryl methyl sites for hydroxylation is 4. The number of hydrogen-bond acceptors (Lipinski definition) is 18. The number of alkyl halides is 6. The summed E-state index contributed by atoms with van der Waals surface area (Å²) in [5.74, 6) is -12.3. The third-order valence-electron chi connectivity index (χ3n) is 27.6. The molecule has 6 amide bonds. The molecule has 0 saturated heterocycles. The Labute approximate surface area is 785 Å². The minimum absolute atomic E-state index is 0.0541. The average Bonchev–Trinajstić information content (AvgIpc) is 0.667. The average molecular weight is 1870 g/mol. The molecule has 9 aromatic carbocycles. The van der Waals surface area contributed by atoms with Crippen molar-refractivity contribution in [2.45, 2.75) is 295 Å². The lowest BCUT2D eigenvalue weighted by atomic mass is 9.80. The van der Waals surface area contributed by atoms with E-state index < -0.39 is 167 Å². The van der Waals surface area contributed by atoms with Gasteiger partial charge in [-0.05, 0) is 221 Å². The second-order valence-corrected chi connectivity index (χ2v) is 38.3. The van der Waals surface area contributed by atoms with Crippen molar-refractivity contribution < 1.29 is 112 Å². The van der Waals surface area contributed by atoms with Crippen LogP contribution < -0.4 is 18.9 Å². The predicted molar refractivity (Wildman–Crippen MR) is 502 cm³/mol. The van der Waals surface area contributed by atoms with Gasteiger partial charge in [0.25, 0.3) is 23.6 Å². The van der Waals surface area contributed by atoms with Crippen LogP contribution in [-0.4, -0.2) is 152 Å². The zero-order valence-electron chi connectivity index (χ0n) is 78.6. The second kappa shape index (κ2) is 39.4. The Hall–Kier alpha value is -12.9. The molecule has 4 fully saturated rings. The molecule has 136 heavy (non-hydrogen) atoms. The van der Waals surface area contributed by atoms with Crippen molar-refractivity contribution in [2.24, 2.45) is 0 Å². The second-order valence-electron chi connectivity index (χ2n) is 38.3. The third kappa shape index (κ3) is 19.8. The number of nitrogens with zero attached hydrogens (tertiary/aromatic N) is 4. The van der Waals surface area contributed by atoms with Crippen LogP contribution in [0.1, 0.15) is 281 Å². The van der Waals surface area contributed by atoms with Gasteiger partial charge in [0.05, 0.1) is 35.1 Å². The third-order valence-corrected chi connectivity index (χ3v) is 27.6. The number of rotatable bonds is 30. The molecular weight excluding hydrogens is 1760 g/mol. The number of carbonyl (C=O) groups is 10. The topological polar surface area (TPSA) is 258 Å². The van der Waals surface area contributed by atoms with Crippen LogP contribution in [-0.2, 0) is 47.7 Å². The predicted octanol–water partition coefficient (Wildman–Crippen LogP) is 24.3. The number of esters is 4. The molecule has 9 aromatic rings. The molecule has 28 heteroatoms. The van der Waals surface area contributed by atoms with Crippen LogP contribution in [0, 0.1) is 27.7 Å². The molecular formula is C108H114F6N4O18. The van der Waals surface area contributed by atoms with Crippen molar-refractivity contribution in [1.82, 2.24) is 19.6 Å². The number of hydrogen-bond donors (Lipinski definition) is 0. The molecule has 15 rings (SSSR count). The summed E-state index contributed by atoms with van der Waals surface area (Å²) >= 11 is 0. The molecule has 0 aromatic heterocycles. The zero-order chi connectivity index (χ0) is 97.9. The van der Waals surface area contributed by atoms with E-state index in [1.807, 2.05) is 104 Å². The number of carbonyl (C=O) groups excluding carboxylic acids is 10. The first kappa shape index (κ1) is 97.7. The first-order chi connectivity index (χ1) is 64.5. The molecule has 22 nitrogen and oxygen atoms in total. The lowest BCUT2D eigenvalue weighted by molar-refractivity contribution is -0.165. The van der Waals surface area contributed by atoms with Gasteiger partial charge in [-0.2, -0.15) is 26.3 Å². The number of imide groups is 2. The Morgan fingerprint density at radius 3 is 0.750 bits per heavy atom. The minimum atomic E-state index is -5.33. The van der Waals surface area contributed by atoms with Crippen LogP contribution >= 0.6 is 0 Å². The van der Waals surface area contributed by atoms with E-state index in [-0.39, 0.29) is 164 Å². The van der Waals surface area contributed by atoms with Crippen LogP contribution in [0.25, 0.3) is 43.1 Å². The van der Waals surface area contributed by atoms with Gasteiger partial charge < -0.3 is 47.7 Å². The largest absolute Gasteiger partial charge is 0.459 e. The molecule has 0 N–H and O–H groups in total. The maximum atomic E-state index is 17.2. The molecule has 0 bridgehead atoms. The standard InChI is InChI=1S/C108H114F6N4O18/c1-17-89(119)129-71-29-21-25-67(45-71)115(68-26-22-30-72(46-68)130-90(120)18-2)105(127)79(53-107(109,110)111)117-101(123)75-49-85(133-81-37-33-63(55(5)6)41-59(81)13)95-97-87(135-83-39-35-65(57(9)10)43-61(83)15)51-77-94-78(104(126)118(103(77)125)80(54-108(112,113)114)106(128)116(69-27-23-31-73(47-69)131-91(121)19-3)70-28-24-32-74(48-70)132-92(122)20-4)52-88(136-84-40-36-66(58(11)12)44-62(84)16)98(100(94)97)96-86(50-76(102(117)124)93(75)99(95)96)134-82-38-34-64(56(7)8)42-60(82)14/h17-20,33-44,49-52,55-58,67-74,79-80H,1-4,21-32,45-48,53-54H2,5-16H3. The highest BCUT2D eigenvalue weighted by Gasteiger charge is 2.55. The molecule has 4 saturated carbocycles. The highest BCUT2D eigenvalue weighted by molar-refractivity contribution is 6.45. The van der Waals surface area contributed by atoms with Crippen LogP contribution in [0.5, 0.6) is 46.0 Å². The smallest absolute Gasteiger partial charge is 0.391 e. The SMILES string of the molecule is C=CC(=O)OC1CCCC(N(C(=O)C(CC(F)(F)F)N2C(=O)c3cc(Oc4ccc(C(C)C)cc4C)c4c5c(Oc6ccc(C(C)C)cc6C)cc6c7c(cc(Oc8ccc(C(C)C)cc8C)c(c8c(Oc9ccc(C(C)C)cc9C)cc(c3c48)C2=O)c75)C(=O)N(C(CC(F)(F)F)C(=O)N(C2CCCC(OC(=O)C=C)C2)C2CCCC(OC(=O)C=C)C2)C6=O)C2CCCC(OC(=O)C=C)C2)C1. The Kier molecular flexibility index (Phi) is 28.3. The van der Waals surface area contributed by atoms with E-state index in [2.05, 4.69) is 26.3 Å². The quantitative estimate of drug-likeness (QED) is 0.00771. The van der Waals surface area contributed by atoms with Gasteiger partial charge in [-0.25, -0.2) is 19.2 Å². The molecule has 716 valence electrons. The van der Waals surface area contributed by atoms with Gasteiger partial charge in [0.2, 0.25) is 11.8 Å². The molecule has 2 heterocycles. The van der Waals surface area contributed by atoms with Gasteiger partial charge in [-0.15, -0.1) is 0 Å². The van der Waals surface area contributed by atoms with E-state index in [4.69, 9.17) is 37.9 Å². The Morgan fingerprint density at radius 1 is 0.338 bits per heavy atom. The van der Waals surface area contributed by atoms with Crippen LogP contribution in [0.4, 0.5) is 26.3 Å². The fourth-order valence-electron chi connectivity index (χ4n) is 20.9. The fraction of sp³-hybridized carbons (Fsp3) is 0.426. The van der Waals surface area contributed by atoms with Gasteiger partial charge in [0.1, 0.15) is 82.5 Å². The first-order valence-corrected chi connectivity index (χ1v) is 46.9. The van der Waals surface area contributed by atoms with E-state index in [1.165, 1.54) is 34.1 Å². The molecule has 4 aliphatic carbocycles.